The van der Waals surface area contributed by atoms with Crippen molar-refractivity contribution in [1.29, 1.82) is 0 Å². The predicted molar refractivity (Wildman–Crippen MR) is 41.5 cm³/mol. The van der Waals surface area contributed by atoms with Crippen LogP contribution in [0.1, 0.15) is 13.3 Å². The van der Waals surface area contributed by atoms with Gasteiger partial charge in [-0.1, -0.05) is 0 Å². The van der Waals surface area contributed by atoms with E-state index in [1.54, 1.807) is 0 Å². The van der Waals surface area contributed by atoms with Crippen molar-refractivity contribution in [1.82, 2.24) is 5.32 Å². The lowest BCUT2D eigenvalue weighted by Gasteiger charge is -2.06. The van der Waals surface area contributed by atoms with Crippen LogP contribution in [0.25, 0.3) is 0 Å². The first-order valence-electron chi connectivity index (χ1n) is 3.71. The van der Waals surface area contributed by atoms with Crippen molar-refractivity contribution in [3.05, 3.63) is 0 Å². The fraction of sp³-hybridized carbons (Fsp3) is 0.714. The quantitative estimate of drug-likeness (QED) is 0.377. The Labute approximate surface area is 70.4 Å². The van der Waals surface area contributed by atoms with Gasteiger partial charge in [0.25, 0.3) is 0 Å². The van der Waals surface area contributed by atoms with Gasteiger partial charge in [0, 0.05) is 13.2 Å². The summed E-state index contributed by atoms with van der Waals surface area (Å²) in [5.41, 5.74) is 0. The van der Waals surface area contributed by atoms with Crippen LogP contribution >= 0.6 is 0 Å². The summed E-state index contributed by atoms with van der Waals surface area (Å²) in [4.78, 5) is 21.1. The van der Waals surface area contributed by atoms with Crippen molar-refractivity contribution >= 4 is 11.9 Å². The molecule has 0 saturated carbocycles. The maximum absolute atomic E-state index is 10.9. The Kier molecular flexibility index (Phi) is 5.03. The summed E-state index contributed by atoms with van der Waals surface area (Å²) < 4.78 is 0. The molecular formula is C7H13NO4. The highest BCUT2D eigenvalue weighted by Gasteiger charge is 2.19. The average molecular weight is 175 g/mol. The van der Waals surface area contributed by atoms with Crippen molar-refractivity contribution in [3.63, 3.8) is 0 Å². The van der Waals surface area contributed by atoms with E-state index in [2.05, 4.69) is 5.32 Å². The molecule has 0 fully saturated rings. The lowest BCUT2D eigenvalue weighted by molar-refractivity contribution is -0.146. The summed E-state index contributed by atoms with van der Waals surface area (Å²) in [7, 11) is 0. The first-order valence-corrected chi connectivity index (χ1v) is 3.71. The van der Waals surface area contributed by atoms with Crippen LogP contribution in [-0.2, 0) is 9.59 Å². The second kappa shape index (κ2) is 5.54. The van der Waals surface area contributed by atoms with Crippen LogP contribution in [0.2, 0.25) is 0 Å². The number of carboxylic acids is 1. The first-order chi connectivity index (χ1) is 5.59. The number of nitrogens with one attached hydrogen (secondary N) is 1. The number of aliphatic hydroxyl groups is 1. The molecule has 0 aromatic rings. The van der Waals surface area contributed by atoms with Crippen LogP contribution in [0.3, 0.4) is 0 Å². The van der Waals surface area contributed by atoms with Gasteiger partial charge in [-0.05, 0) is 13.3 Å². The average Bonchev–Trinajstić information content (AvgIpc) is 2.03. The van der Waals surface area contributed by atoms with Gasteiger partial charge in [0.15, 0.2) is 0 Å². The lowest BCUT2D eigenvalue weighted by atomic mass is 10.2. The molecule has 5 heteroatoms. The van der Waals surface area contributed by atoms with Gasteiger partial charge in [-0.25, -0.2) is 0 Å². The molecule has 0 radical (unpaired) electrons. The SMILES string of the molecule is CC(C(=O)O)C(=O)NCCCO. The van der Waals surface area contributed by atoms with E-state index in [0.717, 1.165) is 0 Å². The minimum absolute atomic E-state index is 0.0122. The number of aliphatic hydroxyl groups excluding tert-OH is 1. The fourth-order valence-electron chi connectivity index (χ4n) is 0.556. The molecular weight excluding hydrogens is 162 g/mol. The molecule has 0 rings (SSSR count). The van der Waals surface area contributed by atoms with Gasteiger partial charge in [0.1, 0.15) is 5.92 Å². The molecule has 0 aliphatic heterocycles. The number of carboxylic acid groups (broad SMARTS) is 1. The third-order valence-electron chi connectivity index (χ3n) is 1.40. The molecule has 1 unspecified atom stereocenters. The van der Waals surface area contributed by atoms with Crippen molar-refractivity contribution < 1.29 is 19.8 Å². The predicted octanol–water partition coefficient (Wildman–Crippen LogP) is -0.794. The lowest BCUT2D eigenvalue weighted by Crippen LogP contribution is -2.34. The van der Waals surface area contributed by atoms with E-state index >= 15 is 0 Å². The van der Waals surface area contributed by atoms with Crippen LogP contribution < -0.4 is 5.32 Å². The number of aliphatic carboxylic acids is 1. The standard InChI is InChI=1S/C7H13NO4/c1-5(7(11)12)6(10)8-3-2-4-9/h5,9H,2-4H2,1H3,(H,8,10)(H,11,12). The molecule has 1 amide bonds. The largest absolute Gasteiger partial charge is 0.481 e. The molecule has 5 nitrogen and oxygen atoms in total. The zero-order valence-corrected chi connectivity index (χ0v) is 6.91. The Hall–Kier alpha value is -1.10. The molecule has 3 N–H and O–H groups in total. The molecule has 0 aliphatic carbocycles. The van der Waals surface area contributed by atoms with E-state index in [1.807, 2.05) is 0 Å². The normalized spacial score (nSPS) is 12.2. The minimum Gasteiger partial charge on any atom is -0.481 e. The number of rotatable bonds is 5. The van der Waals surface area contributed by atoms with Crippen molar-refractivity contribution in [2.75, 3.05) is 13.2 Å². The molecule has 0 saturated heterocycles. The number of carbonyl (C=O) groups is 2. The summed E-state index contributed by atoms with van der Waals surface area (Å²) in [6.07, 6.45) is 0.443. The van der Waals surface area contributed by atoms with Crippen molar-refractivity contribution in [2.24, 2.45) is 5.92 Å². The Balaban J connectivity index is 3.65. The van der Waals surface area contributed by atoms with Gasteiger partial charge in [0.2, 0.25) is 5.91 Å². The van der Waals surface area contributed by atoms with Gasteiger partial charge in [-0.2, -0.15) is 0 Å². The van der Waals surface area contributed by atoms with Gasteiger partial charge >= 0.3 is 5.97 Å². The van der Waals surface area contributed by atoms with E-state index in [4.69, 9.17) is 10.2 Å². The summed E-state index contributed by atoms with van der Waals surface area (Å²) >= 11 is 0. The van der Waals surface area contributed by atoms with Crippen LogP contribution in [0.4, 0.5) is 0 Å². The smallest absolute Gasteiger partial charge is 0.315 e. The van der Waals surface area contributed by atoms with Crippen LogP contribution in [0.5, 0.6) is 0 Å². The number of hydrogen-bond donors (Lipinski definition) is 3. The zero-order chi connectivity index (χ0) is 9.56. The van der Waals surface area contributed by atoms with E-state index in [1.165, 1.54) is 6.92 Å². The maximum Gasteiger partial charge on any atom is 0.315 e. The second-order valence-corrected chi connectivity index (χ2v) is 2.43. The van der Waals surface area contributed by atoms with Crippen molar-refractivity contribution in [2.45, 2.75) is 13.3 Å². The van der Waals surface area contributed by atoms with E-state index in [-0.39, 0.29) is 6.61 Å². The fourth-order valence-corrected chi connectivity index (χ4v) is 0.556. The van der Waals surface area contributed by atoms with Gasteiger partial charge in [0.05, 0.1) is 0 Å². The molecule has 0 aliphatic rings. The van der Waals surface area contributed by atoms with Gasteiger partial charge in [-0.3, -0.25) is 9.59 Å². The van der Waals surface area contributed by atoms with Gasteiger partial charge < -0.3 is 15.5 Å². The van der Waals surface area contributed by atoms with Gasteiger partial charge in [-0.15, -0.1) is 0 Å². The van der Waals surface area contributed by atoms with Crippen LogP contribution in [0.15, 0.2) is 0 Å². The summed E-state index contributed by atoms with van der Waals surface area (Å²) in [5, 5.41) is 19.1. The van der Waals surface area contributed by atoms with E-state index in [9.17, 15) is 9.59 Å². The second-order valence-electron chi connectivity index (χ2n) is 2.43. The van der Waals surface area contributed by atoms with Crippen LogP contribution in [0, 0.1) is 5.92 Å². The summed E-state index contributed by atoms with van der Waals surface area (Å²) in [6.45, 7) is 1.62. The maximum atomic E-state index is 10.9. The Bertz CT molecular complexity index is 169. The number of carbonyl (C=O) groups excluding carboxylic acids is 1. The molecule has 0 spiro atoms. The Morgan fingerprint density at radius 2 is 2.08 bits per heavy atom. The zero-order valence-electron chi connectivity index (χ0n) is 6.91. The molecule has 0 aromatic carbocycles. The van der Waals surface area contributed by atoms with Crippen molar-refractivity contribution in [3.8, 4) is 0 Å². The molecule has 0 bridgehead atoms. The number of amides is 1. The molecule has 70 valence electrons. The minimum atomic E-state index is -1.14. The number of hydrogen-bond acceptors (Lipinski definition) is 3. The topological polar surface area (TPSA) is 86.6 Å². The third kappa shape index (κ3) is 3.92. The van der Waals surface area contributed by atoms with E-state index < -0.39 is 17.8 Å². The molecule has 0 heterocycles. The highest BCUT2D eigenvalue weighted by molar-refractivity contribution is 5.96. The highest BCUT2D eigenvalue weighted by atomic mass is 16.4. The van der Waals surface area contributed by atoms with E-state index in [0.29, 0.717) is 13.0 Å². The summed E-state index contributed by atoms with van der Waals surface area (Å²) in [6, 6.07) is 0. The Morgan fingerprint density at radius 3 is 2.50 bits per heavy atom. The first kappa shape index (κ1) is 10.9. The molecule has 0 aromatic heterocycles. The molecule has 12 heavy (non-hydrogen) atoms. The third-order valence-corrected chi connectivity index (χ3v) is 1.40. The summed E-state index contributed by atoms with van der Waals surface area (Å²) in [5.74, 6) is -2.68. The Morgan fingerprint density at radius 1 is 1.50 bits per heavy atom. The monoisotopic (exact) mass is 175 g/mol. The molecule has 1 atom stereocenters. The van der Waals surface area contributed by atoms with Crippen LogP contribution in [-0.4, -0.2) is 35.2 Å². The highest BCUT2D eigenvalue weighted by Crippen LogP contribution is 1.93.